The van der Waals surface area contributed by atoms with Gasteiger partial charge in [0.15, 0.2) is 11.6 Å². The van der Waals surface area contributed by atoms with Crippen molar-refractivity contribution in [2.45, 2.75) is 51.9 Å². The number of halogens is 2. The lowest BCUT2D eigenvalue weighted by atomic mass is 9.89. The Morgan fingerprint density at radius 2 is 1.81 bits per heavy atom. The third-order valence-electron chi connectivity index (χ3n) is 5.94. The van der Waals surface area contributed by atoms with Gasteiger partial charge in [0.05, 0.1) is 19.3 Å². The van der Waals surface area contributed by atoms with Crippen LogP contribution in [0.2, 0.25) is 0 Å². The fourth-order valence-corrected chi connectivity index (χ4v) is 4.03. The molecule has 4 nitrogen and oxygen atoms in total. The van der Waals surface area contributed by atoms with Crippen molar-refractivity contribution in [2.75, 3.05) is 20.3 Å². The number of nitrogens with one attached hydrogen (secondary N) is 1. The molecule has 2 aromatic carbocycles. The van der Waals surface area contributed by atoms with Crippen LogP contribution in [-0.4, -0.2) is 26.2 Å². The van der Waals surface area contributed by atoms with Crippen molar-refractivity contribution >= 4 is 5.91 Å². The molecule has 0 bridgehead atoms. The third kappa shape index (κ3) is 5.96. The molecule has 1 N–H and O–H groups in total. The van der Waals surface area contributed by atoms with Gasteiger partial charge in [-0.05, 0) is 54.5 Å². The number of amides is 1. The highest BCUT2D eigenvalue weighted by molar-refractivity contribution is 5.95. The van der Waals surface area contributed by atoms with E-state index in [1.807, 2.05) is 31.2 Å². The molecule has 0 atom stereocenters. The van der Waals surface area contributed by atoms with E-state index in [1.165, 1.54) is 12.5 Å². The summed E-state index contributed by atoms with van der Waals surface area (Å²) in [6, 6.07) is 8.90. The number of rotatable bonds is 9. The van der Waals surface area contributed by atoms with Crippen LogP contribution in [-0.2, 0) is 12.8 Å². The standard InChI is InChI=1S/C25H31F2NO3/c1-3-19-15-21(25(29)28-16-18-7-5-4-6-8-18)22(26)23(27)24(19)31-14-13-17-9-11-20(30-2)12-10-17/h9-12,15,18H,3-8,13-14,16H2,1-2H3,(H,28,29). The van der Waals surface area contributed by atoms with E-state index in [-0.39, 0.29) is 17.9 Å². The van der Waals surface area contributed by atoms with Crippen molar-refractivity contribution < 1.29 is 23.0 Å². The summed E-state index contributed by atoms with van der Waals surface area (Å²) in [5.41, 5.74) is 1.22. The molecule has 0 aliphatic heterocycles. The van der Waals surface area contributed by atoms with Crippen LogP contribution in [0.4, 0.5) is 8.78 Å². The second kappa shape index (κ2) is 11.1. The lowest BCUT2D eigenvalue weighted by Gasteiger charge is -2.22. The van der Waals surface area contributed by atoms with Gasteiger partial charge in [0, 0.05) is 13.0 Å². The number of ether oxygens (including phenoxy) is 2. The van der Waals surface area contributed by atoms with Crippen LogP contribution >= 0.6 is 0 Å². The first-order chi connectivity index (χ1) is 15.0. The van der Waals surface area contributed by atoms with Crippen molar-refractivity contribution in [2.24, 2.45) is 5.92 Å². The number of hydrogen-bond donors (Lipinski definition) is 1. The number of aryl methyl sites for hydroxylation is 1. The van der Waals surface area contributed by atoms with Crippen LogP contribution in [0.5, 0.6) is 11.5 Å². The second-order valence-corrected chi connectivity index (χ2v) is 8.05. The predicted molar refractivity (Wildman–Crippen MR) is 117 cm³/mol. The summed E-state index contributed by atoms with van der Waals surface area (Å²) in [7, 11) is 1.60. The summed E-state index contributed by atoms with van der Waals surface area (Å²) >= 11 is 0. The van der Waals surface area contributed by atoms with E-state index < -0.39 is 17.5 Å². The molecule has 2 aromatic rings. The highest BCUT2D eigenvalue weighted by Gasteiger charge is 2.24. The molecule has 6 heteroatoms. The minimum Gasteiger partial charge on any atom is -0.497 e. The van der Waals surface area contributed by atoms with Gasteiger partial charge < -0.3 is 14.8 Å². The fourth-order valence-electron chi connectivity index (χ4n) is 4.03. The van der Waals surface area contributed by atoms with Gasteiger partial charge in [-0.25, -0.2) is 4.39 Å². The summed E-state index contributed by atoms with van der Waals surface area (Å²) in [6.07, 6.45) is 6.65. The van der Waals surface area contributed by atoms with Crippen molar-refractivity contribution in [3.8, 4) is 11.5 Å². The molecule has 168 valence electrons. The number of hydrogen-bond acceptors (Lipinski definition) is 3. The minimum atomic E-state index is -1.15. The van der Waals surface area contributed by atoms with Gasteiger partial charge in [-0.3, -0.25) is 4.79 Å². The highest BCUT2D eigenvalue weighted by Crippen LogP contribution is 2.29. The first-order valence-electron chi connectivity index (χ1n) is 11.1. The maximum Gasteiger partial charge on any atom is 0.254 e. The van der Waals surface area contributed by atoms with Gasteiger partial charge in [-0.15, -0.1) is 0 Å². The van der Waals surface area contributed by atoms with Gasteiger partial charge >= 0.3 is 0 Å². The molecule has 1 aliphatic carbocycles. The van der Waals surface area contributed by atoms with E-state index in [9.17, 15) is 13.6 Å². The van der Waals surface area contributed by atoms with Crippen LogP contribution in [0.25, 0.3) is 0 Å². The molecule has 0 saturated heterocycles. The first-order valence-corrected chi connectivity index (χ1v) is 11.1. The summed E-state index contributed by atoms with van der Waals surface area (Å²) < 4.78 is 40.2. The topological polar surface area (TPSA) is 47.6 Å². The third-order valence-corrected chi connectivity index (χ3v) is 5.94. The number of benzene rings is 2. The monoisotopic (exact) mass is 431 g/mol. The summed E-state index contributed by atoms with van der Waals surface area (Å²) in [4.78, 5) is 12.5. The van der Waals surface area contributed by atoms with Crippen LogP contribution in [0.3, 0.4) is 0 Å². The minimum absolute atomic E-state index is 0.114. The SMILES string of the molecule is CCc1cc(C(=O)NCC2CCCCC2)c(F)c(F)c1OCCc1ccc(OC)cc1. The van der Waals surface area contributed by atoms with Crippen molar-refractivity contribution in [1.82, 2.24) is 5.32 Å². The maximum atomic E-state index is 14.8. The Kier molecular flexibility index (Phi) is 8.27. The van der Waals surface area contributed by atoms with Crippen molar-refractivity contribution in [3.05, 3.63) is 58.7 Å². The molecule has 0 aromatic heterocycles. The Morgan fingerprint density at radius 3 is 2.45 bits per heavy atom. The lowest BCUT2D eigenvalue weighted by molar-refractivity contribution is 0.0938. The van der Waals surface area contributed by atoms with E-state index in [2.05, 4.69) is 5.32 Å². The average molecular weight is 432 g/mol. The summed E-state index contributed by atoms with van der Waals surface area (Å²) in [5.74, 6) is -1.77. The van der Waals surface area contributed by atoms with E-state index in [0.29, 0.717) is 30.9 Å². The Labute approximate surface area is 182 Å². The molecule has 1 saturated carbocycles. The van der Waals surface area contributed by atoms with Gasteiger partial charge in [0.25, 0.3) is 5.91 Å². The van der Waals surface area contributed by atoms with Crippen LogP contribution in [0, 0.1) is 17.6 Å². The molecule has 31 heavy (non-hydrogen) atoms. The molecule has 1 amide bonds. The normalized spacial score (nSPS) is 14.3. The fraction of sp³-hybridized carbons (Fsp3) is 0.480. The first kappa shape index (κ1) is 23.0. The number of methoxy groups -OCH3 is 1. The molecule has 3 rings (SSSR count). The zero-order valence-corrected chi connectivity index (χ0v) is 18.3. The second-order valence-electron chi connectivity index (χ2n) is 8.05. The predicted octanol–water partition coefficient (Wildman–Crippen LogP) is 5.47. The van der Waals surface area contributed by atoms with E-state index in [1.54, 1.807) is 7.11 Å². The van der Waals surface area contributed by atoms with Gasteiger partial charge in [0.1, 0.15) is 5.75 Å². The number of carbonyl (C=O) groups excluding carboxylic acids is 1. The molecule has 0 spiro atoms. The molecule has 1 aliphatic rings. The van der Waals surface area contributed by atoms with Crippen LogP contribution in [0.1, 0.15) is 60.5 Å². The van der Waals surface area contributed by atoms with Crippen molar-refractivity contribution in [3.63, 3.8) is 0 Å². The highest BCUT2D eigenvalue weighted by atomic mass is 19.2. The Balaban J connectivity index is 1.65. The molecule has 0 radical (unpaired) electrons. The van der Waals surface area contributed by atoms with E-state index in [0.717, 1.165) is 37.0 Å². The van der Waals surface area contributed by atoms with E-state index in [4.69, 9.17) is 9.47 Å². The summed E-state index contributed by atoms with van der Waals surface area (Å²) in [5, 5.41) is 2.78. The molecule has 1 fully saturated rings. The Hall–Kier alpha value is -2.63. The average Bonchev–Trinajstić information content (AvgIpc) is 2.81. The van der Waals surface area contributed by atoms with Gasteiger partial charge in [0.2, 0.25) is 5.82 Å². The molecule has 0 unspecified atom stereocenters. The zero-order chi connectivity index (χ0) is 22.2. The molecule has 0 heterocycles. The Morgan fingerprint density at radius 1 is 1.10 bits per heavy atom. The summed E-state index contributed by atoms with van der Waals surface area (Å²) in [6.45, 7) is 2.52. The smallest absolute Gasteiger partial charge is 0.254 e. The maximum absolute atomic E-state index is 14.8. The Bertz CT molecular complexity index is 877. The largest absolute Gasteiger partial charge is 0.497 e. The van der Waals surface area contributed by atoms with E-state index >= 15 is 0 Å². The molecular weight excluding hydrogens is 400 g/mol. The lowest BCUT2D eigenvalue weighted by Crippen LogP contribution is -2.31. The van der Waals surface area contributed by atoms with Gasteiger partial charge in [-0.1, -0.05) is 38.3 Å². The quantitative estimate of drug-likeness (QED) is 0.573. The number of carbonyl (C=O) groups is 1. The van der Waals surface area contributed by atoms with Crippen molar-refractivity contribution in [1.29, 1.82) is 0 Å². The molecular formula is C25H31F2NO3. The van der Waals surface area contributed by atoms with Crippen LogP contribution in [0.15, 0.2) is 30.3 Å². The van der Waals surface area contributed by atoms with Crippen LogP contribution < -0.4 is 14.8 Å². The zero-order valence-electron chi connectivity index (χ0n) is 18.3. The van der Waals surface area contributed by atoms with Gasteiger partial charge in [-0.2, -0.15) is 4.39 Å².